The highest BCUT2D eigenvalue weighted by atomic mass is 16.5. The number of benzene rings is 2. The second-order valence-electron chi connectivity index (χ2n) is 9.99. The van der Waals surface area contributed by atoms with Crippen LogP contribution < -0.4 is 10.1 Å². The molecule has 0 bridgehead atoms. The maximum absolute atomic E-state index is 12.3. The van der Waals surface area contributed by atoms with Crippen molar-refractivity contribution in [2.24, 2.45) is 4.99 Å². The molecule has 2 aromatic carbocycles. The lowest BCUT2D eigenvalue weighted by atomic mass is 9.85. The Morgan fingerprint density at radius 1 is 1.05 bits per heavy atom. The fourth-order valence-corrected chi connectivity index (χ4v) is 4.61. The summed E-state index contributed by atoms with van der Waals surface area (Å²) in [6.45, 7) is 6.91. The van der Waals surface area contributed by atoms with E-state index in [0.717, 1.165) is 28.2 Å². The molecule has 204 valence electrons. The van der Waals surface area contributed by atoms with Gasteiger partial charge >= 0.3 is 0 Å². The van der Waals surface area contributed by atoms with E-state index in [0.29, 0.717) is 37.9 Å². The Balaban J connectivity index is 1.50. The number of carbonyl (C=O) groups excluding carboxylic acids is 1. The quantitative estimate of drug-likeness (QED) is 0.310. The predicted molar refractivity (Wildman–Crippen MR) is 154 cm³/mol. The molecular formula is C31H37N5O3. The number of pyridine rings is 1. The number of nitrogens with zero attached hydrogens (tertiary/aromatic N) is 3. The number of aliphatic hydroxyl groups is 1. The van der Waals surface area contributed by atoms with E-state index in [-0.39, 0.29) is 31.5 Å². The third-order valence-electron chi connectivity index (χ3n) is 6.80. The van der Waals surface area contributed by atoms with E-state index in [1.165, 1.54) is 5.56 Å². The molecule has 1 aliphatic rings. The van der Waals surface area contributed by atoms with Gasteiger partial charge in [-0.05, 0) is 52.4 Å². The van der Waals surface area contributed by atoms with Crippen LogP contribution in [0.25, 0.3) is 0 Å². The van der Waals surface area contributed by atoms with Crippen molar-refractivity contribution in [1.29, 1.82) is 5.41 Å². The van der Waals surface area contributed by atoms with E-state index < -0.39 is 0 Å². The summed E-state index contributed by atoms with van der Waals surface area (Å²) < 4.78 is 6.05. The molecule has 4 rings (SSSR count). The summed E-state index contributed by atoms with van der Waals surface area (Å²) in [5.41, 5.74) is 5.41. The van der Waals surface area contributed by atoms with Crippen molar-refractivity contribution >= 4 is 17.3 Å². The van der Waals surface area contributed by atoms with Crippen LogP contribution in [0.2, 0.25) is 0 Å². The first-order valence-electron chi connectivity index (χ1n) is 13.4. The molecule has 1 aliphatic heterocycles. The lowest BCUT2D eigenvalue weighted by Crippen LogP contribution is -2.45. The fourth-order valence-electron chi connectivity index (χ4n) is 4.61. The zero-order chi connectivity index (χ0) is 27.6. The summed E-state index contributed by atoms with van der Waals surface area (Å²) >= 11 is 0. The monoisotopic (exact) mass is 527 g/mol. The van der Waals surface area contributed by atoms with Gasteiger partial charge in [-0.3, -0.25) is 19.7 Å². The van der Waals surface area contributed by atoms with Gasteiger partial charge in [0, 0.05) is 37.7 Å². The van der Waals surface area contributed by atoms with Gasteiger partial charge in [0.15, 0.2) is 0 Å². The number of hydrogen-bond acceptors (Lipinski definition) is 7. The summed E-state index contributed by atoms with van der Waals surface area (Å²) in [4.78, 5) is 23.2. The first kappa shape index (κ1) is 28.1. The highest BCUT2D eigenvalue weighted by Crippen LogP contribution is 2.27. The number of carbonyl (C=O) groups is 1. The SMILES string of the molecule is CC(C)c1ccc(COc2ccc(C(C(=N)c3ccncc3)C3=NCCN(CC(=O)NCCO)C3)cc2)cc1. The molecule has 1 aromatic heterocycles. The van der Waals surface area contributed by atoms with E-state index in [2.05, 4.69) is 48.4 Å². The number of aliphatic hydroxyl groups excluding tert-OH is 1. The van der Waals surface area contributed by atoms with Crippen LogP contribution in [0.5, 0.6) is 5.75 Å². The van der Waals surface area contributed by atoms with Crippen molar-refractivity contribution < 1.29 is 14.6 Å². The average Bonchev–Trinajstić information content (AvgIpc) is 2.96. The van der Waals surface area contributed by atoms with Gasteiger partial charge in [0.25, 0.3) is 0 Å². The molecule has 0 radical (unpaired) electrons. The zero-order valence-corrected chi connectivity index (χ0v) is 22.6. The number of ether oxygens (including phenoxy) is 1. The smallest absolute Gasteiger partial charge is 0.234 e. The number of hydrogen-bond donors (Lipinski definition) is 3. The van der Waals surface area contributed by atoms with Crippen LogP contribution in [0.3, 0.4) is 0 Å². The molecule has 3 aromatic rings. The van der Waals surface area contributed by atoms with E-state index in [4.69, 9.17) is 20.2 Å². The van der Waals surface area contributed by atoms with Gasteiger partial charge in [-0.25, -0.2) is 0 Å². The lowest BCUT2D eigenvalue weighted by molar-refractivity contribution is -0.122. The molecule has 39 heavy (non-hydrogen) atoms. The minimum Gasteiger partial charge on any atom is -0.489 e. The summed E-state index contributed by atoms with van der Waals surface area (Å²) in [5, 5.41) is 20.8. The molecule has 0 saturated heterocycles. The highest BCUT2D eigenvalue weighted by Gasteiger charge is 2.28. The third kappa shape index (κ3) is 7.81. The minimum atomic E-state index is -0.367. The lowest BCUT2D eigenvalue weighted by Gasteiger charge is -2.30. The number of aromatic nitrogens is 1. The van der Waals surface area contributed by atoms with Gasteiger partial charge < -0.3 is 20.6 Å². The molecule has 3 N–H and O–H groups in total. The second kappa shape index (κ2) is 13.8. The van der Waals surface area contributed by atoms with E-state index >= 15 is 0 Å². The van der Waals surface area contributed by atoms with Gasteiger partial charge in [0.2, 0.25) is 5.91 Å². The summed E-state index contributed by atoms with van der Waals surface area (Å²) in [5.74, 6) is 0.754. The van der Waals surface area contributed by atoms with Gasteiger partial charge in [-0.15, -0.1) is 0 Å². The molecule has 8 heteroatoms. The van der Waals surface area contributed by atoms with Gasteiger partial charge in [-0.2, -0.15) is 0 Å². The molecule has 1 amide bonds. The summed E-state index contributed by atoms with van der Waals surface area (Å²) in [6.07, 6.45) is 3.37. The molecule has 0 saturated carbocycles. The summed E-state index contributed by atoms with van der Waals surface area (Å²) in [7, 11) is 0. The molecule has 8 nitrogen and oxygen atoms in total. The highest BCUT2D eigenvalue weighted by molar-refractivity contribution is 6.18. The second-order valence-corrected chi connectivity index (χ2v) is 9.99. The Kier molecular flexibility index (Phi) is 9.94. The van der Waals surface area contributed by atoms with Gasteiger partial charge in [0.05, 0.1) is 31.3 Å². The predicted octanol–water partition coefficient (Wildman–Crippen LogP) is 3.80. The third-order valence-corrected chi connectivity index (χ3v) is 6.80. The largest absolute Gasteiger partial charge is 0.489 e. The van der Waals surface area contributed by atoms with Crippen molar-refractivity contribution in [2.45, 2.75) is 32.3 Å². The maximum atomic E-state index is 12.3. The van der Waals surface area contributed by atoms with E-state index in [1.807, 2.05) is 41.3 Å². The van der Waals surface area contributed by atoms with Crippen molar-refractivity contribution in [3.05, 3.63) is 95.3 Å². The molecule has 1 unspecified atom stereocenters. The molecular weight excluding hydrogens is 490 g/mol. The van der Waals surface area contributed by atoms with Crippen LogP contribution >= 0.6 is 0 Å². The van der Waals surface area contributed by atoms with E-state index in [1.54, 1.807) is 12.4 Å². The van der Waals surface area contributed by atoms with Crippen LogP contribution in [0.1, 0.15) is 47.9 Å². The molecule has 0 spiro atoms. The molecule has 2 heterocycles. The number of nitrogens with one attached hydrogen (secondary N) is 2. The maximum Gasteiger partial charge on any atom is 0.234 e. The topological polar surface area (TPSA) is 111 Å². The first-order chi connectivity index (χ1) is 18.9. The average molecular weight is 528 g/mol. The van der Waals surface area contributed by atoms with E-state index in [9.17, 15) is 4.79 Å². The zero-order valence-electron chi connectivity index (χ0n) is 22.6. The Bertz CT molecular complexity index is 1260. The molecule has 0 fully saturated rings. The van der Waals surface area contributed by atoms with Crippen LogP contribution in [0.15, 0.2) is 78.0 Å². The first-order valence-corrected chi connectivity index (χ1v) is 13.4. The van der Waals surface area contributed by atoms with Crippen LogP contribution in [-0.2, 0) is 11.4 Å². The van der Waals surface area contributed by atoms with Crippen molar-refractivity contribution in [3.63, 3.8) is 0 Å². The Morgan fingerprint density at radius 3 is 2.41 bits per heavy atom. The van der Waals surface area contributed by atoms with Crippen LogP contribution in [-0.4, -0.2) is 71.7 Å². The van der Waals surface area contributed by atoms with Crippen molar-refractivity contribution in [1.82, 2.24) is 15.2 Å². The Hall–Kier alpha value is -3.88. The van der Waals surface area contributed by atoms with Gasteiger partial charge in [-0.1, -0.05) is 50.2 Å². The molecule has 0 aliphatic carbocycles. The Morgan fingerprint density at radius 2 is 1.74 bits per heavy atom. The van der Waals surface area contributed by atoms with Crippen LogP contribution in [0, 0.1) is 5.41 Å². The van der Waals surface area contributed by atoms with Crippen molar-refractivity contribution in [3.8, 4) is 5.75 Å². The normalized spacial score (nSPS) is 14.5. The Labute approximate surface area is 230 Å². The fraction of sp³-hybridized carbons (Fsp3) is 0.355. The van der Waals surface area contributed by atoms with Crippen LogP contribution in [0.4, 0.5) is 0 Å². The number of rotatable bonds is 12. The minimum absolute atomic E-state index is 0.0895. The van der Waals surface area contributed by atoms with Crippen molar-refractivity contribution in [2.75, 3.05) is 39.3 Å². The molecule has 1 atom stereocenters. The number of amides is 1. The van der Waals surface area contributed by atoms with Gasteiger partial charge in [0.1, 0.15) is 12.4 Å². The standard InChI is InChI=1S/C31H37N5O3/c1-22(2)24-5-3-23(4-6-24)21-39-27-9-7-25(8-10-27)30(31(32)26-11-13-33-14-12-26)28-19-36(17-15-34-28)20-29(38)35-16-18-37/h3-14,22,30,32,37H,15-21H2,1-2H3,(H,35,38). The number of aliphatic imine (C=N–C) groups is 1. The summed E-state index contributed by atoms with van der Waals surface area (Å²) in [6, 6.07) is 20.0.